The first kappa shape index (κ1) is 16.0. The van der Waals surface area contributed by atoms with Crippen LogP contribution in [0.15, 0.2) is 18.2 Å². The molecule has 0 aliphatic heterocycles. The summed E-state index contributed by atoms with van der Waals surface area (Å²) < 4.78 is 0. The van der Waals surface area contributed by atoms with Gasteiger partial charge in [-0.2, -0.15) is 0 Å². The molecule has 0 saturated heterocycles. The molecule has 0 aliphatic carbocycles. The number of nitrogens with zero attached hydrogens (tertiary/aromatic N) is 2. The molecule has 2 N–H and O–H groups in total. The van der Waals surface area contributed by atoms with Crippen LogP contribution < -0.4 is 10.6 Å². The van der Waals surface area contributed by atoms with E-state index in [0.717, 1.165) is 5.01 Å². The minimum Gasteiger partial charge on any atom is -0.372 e. The van der Waals surface area contributed by atoms with Crippen molar-refractivity contribution in [3.8, 4) is 0 Å². The Kier molecular flexibility index (Phi) is 5.39. The minimum atomic E-state index is -0.423. The molecule has 0 spiro atoms. The third kappa shape index (κ3) is 4.30. The smallest absolute Gasteiger partial charge is 0.248 e. The van der Waals surface area contributed by atoms with E-state index in [1.54, 1.807) is 18.2 Å². The van der Waals surface area contributed by atoms with Crippen molar-refractivity contribution >= 4 is 51.3 Å². The molecule has 21 heavy (non-hydrogen) atoms. The van der Waals surface area contributed by atoms with Gasteiger partial charge in [0, 0.05) is 5.02 Å². The number of aryl methyl sites for hydroxylation is 1. The molecule has 2 aromatic rings. The molecule has 1 atom stereocenters. The SMILES string of the molecule is CC[C@@H](Nc1ccc(Cl)cc1Cl)C(=O)Nc1nnc(C)s1. The van der Waals surface area contributed by atoms with Crippen molar-refractivity contribution in [2.75, 3.05) is 10.6 Å². The molecule has 0 aliphatic rings. The molecule has 0 saturated carbocycles. The van der Waals surface area contributed by atoms with Gasteiger partial charge in [0.15, 0.2) is 0 Å². The van der Waals surface area contributed by atoms with Gasteiger partial charge in [0.05, 0.1) is 10.7 Å². The number of halogens is 2. The van der Waals surface area contributed by atoms with E-state index in [-0.39, 0.29) is 5.91 Å². The topological polar surface area (TPSA) is 66.9 Å². The van der Waals surface area contributed by atoms with Crippen LogP contribution in [0.4, 0.5) is 10.8 Å². The summed E-state index contributed by atoms with van der Waals surface area (Å²) >= 11 is 13.3. The van der Waals surface area contributed by atoms with Crippen molar-refractivity contribution in [2.45, 2.75) is 26.3 Å². The Balaban J connectivity index is 2.06. The highest BCUT2D eigenvalue weighted by atomic mass is 35.5. The quantitative estimate of drug-likeness (QED) is 0.860. The molecular formula is C13H14Cl2N4OS. The lowest BCUT2D eigenvalue weighted by atomic mass is 10.2. The van der Waals surface area contributed by atoms with Crippen molar-refractivity contribution in [1.82, 2.24) is 10.2 Å². The lowest BCUT2D eigenvalue weighted by molar-refractivity contribution is -0.117. The summed E-state index contributed by atoms with van der Waals surface area (Å²) in [6, 6.07) is 4.67. The maximum atomic E-state index is 12.2. The maximum absolute atomic E-state index is 12.2. The number of hydrogen-bond acceptors (Lipinski definition) is 5. The molecule has 1 aromatic carbocycles. The number of carbonyl (C=O) groups excluding carboxylic acids is 1. The number of amides is 1. The Morgan fingerprint density at radius 1 is 1.38 bits per heavy atom. The first-order valence-corrected chi connectivity index (χ1v) is 7.89. The number of hydrogen-bond donors (Lipinski definition) is 2. The maximum Gasteiger partial charge on any atom is 0.248 e. The zero-order valence-electron chi connectivity index (χ0n) is 11.5. The molecule has 8 heteroatoms. The molecule has 5 nitrogen and oxygen atoms in total. The van der Waals surface area contributed by atoms with Gasteiger partial charge in [-0.25, -0.2) is 0 Å². The van der Waals surface area contributed by atoms with Gasteiger partial charge >= 0.3 is 0 Å². The molecule has 2 rings (SSSR count). The predicted octanol–water partition coefficient (Wildman–Crippen LogP) is 3.98. The third-order valence-electron chi connectivity index (χ3n) is 2.74. The van der Waals surface area contributed by atoms with Crippen molar-refractivity contribution in [3.05, 3.63) is 33.3 Å². The lowest BCUT2D eigenvalue weighted by Gasteiger charge is -2.18. The van der Waals surface area contributed by atoms with Gasteiger partial charge in [-0.3, -0.25) is 10.1 Å². The molecule has 0 unspecified atom stereocenters. The highest BCUT2D eigenvalue weighted by molar-refractivity contribution is 7.15. The van der Waals surface area contributed by atoms with Crippen molar-refractivity contribution in [3.63, 3.8) is 0 Å². The van der Waals surface area contributed by atoms with Crippen LogP contribution in [0.2, 0.25) is 10.0 Å². The van der Waals surface area contributed by atoms with Crippen molar-refractivity contribution in [1.29, 1.82) is 0 Å². The van der Waals surface area contributed by atoms with Crippen LogP contribution in [-0.4, -0.2) is 22.1 Å². The summed E-state index contributed by atoms with van der Waals surface area (Å²) in [6.07, 6.45) is 0.600. The van der Waals surface area contributed by atoms with E-state index in [4.69, 9.17) is 23.2 Å². The standard InChI is InChI=1S/C13H14Cl2N4OS/c1-3-10(12(20)17-13-19-18-7(2)21-13)16-11-5-4-8(14)6-9(11)15/h4-6,10,16H,3H2,1-2H3,(H,17,19,20)/t10-/m1/s1. The molecule has 1 amide bonds. The van der Waals surface area contributed by atoms with E-state index in [0.29, 0.717) is 27.3 Å². The second-order valence-electron chi connectivity index (χ2n) is 4.34. The van der Waals surface area contributed by atoms with Crippen LogP contribution in [0.25, 0.3) is 0 Å². The Bertz CT molecular complexity index is 647. The number of carbonyl (C=O) groups is 1. The van der Waals surface area contributed by atoms with E-state index in [1.807, 2.05) is 13.8 Å². The highest BCUT2D eigenvalue weighted by Crippen LogP contribution is 2.26. The fraction of sp³-hybridized carbons (Fsp3) is 0.308. The Labute approximate surface area is 136 Å². The fourth-order valence-corrected chi connectivity index (χ4v) is 2.74. The average Bonchev–Trinajstić information content (AvgIpc) is 2.83. The lowest BCUT2D eigenvalue weighted by Crippen LogP contribution is -2.34. The number of rotatable bonds is 5. The van der Waals surface area contributed by atoms with E-state index >= 15 is 0 Å². The largest absolute Gasteiger partial charge is 0.372 e. The fourth-order valence-electron chi connectivity index (χ4n) is 1.69. The van der Waals surface area contributed by atoms with Gasteiger partial charge in [-0.15, -0.1) is 10.2 Å². The monoisotopic (exact) mass is 344 g/mol. The van der Waals surface area contributed by atoms with Gasteiger partial charge in [-0.05, 0) is 31.5 Å². The van der Waals surface area contributed by atoms with Gasteiger partial charge in [0.2, 0.25) is 11.0 Å². The van der Waals surface area contributed by atoms with Gasteiger partial charge in [-0.1, -0.05) is 41.5 Å². The normalized spacial score (nSPS) is 12.0. The summed E-state index contributed by atoms with van der Waals surface area (Å²) in [7, 11) is 0. The van der Waals surface area contributed by atoms with Crippen LogP contribution in [-0.2, 0) is 4.79 Å². The predicted molar refractivity (Wildman–Crippen MR) is 87.4 cm³/mol. The molecular weight excluding hydrogens is 331 g/mol. The van der Waals surface area contributed by atoms with E-state index in [9.17, 15) is 4.79 Å². The van der Waals surface area contributed by atoms with Crippen LogP contribution in [0.1, 0.15) is 18.4 Å². The first-order valence-electron chi connectivity index (χ1n) is 6.32. The molecule has 112 valence electrons. The first-order chi connectivity index (χ1) is 9.99. The second kappa shape index (κ2) is 7.06. The van der Waals surface area contributed by atoms with E-state index < -0.39 is 6.04 Å². The number of aromatic nitrogens is 2. The minimum absolute atomic E-state index is 0.181. The Morgan fingerprint density at radius 3 is 2.71 bits per heavy atom. The van der Waals surface area contributed by atoms with Crippen LogP contribution >= 0.6 is 34.5 Å². The summed E-state index contributed by atoms with van der Waals surface area (Å²) in [5.41, 5.74) is 0.663. The Morgan fingerprint density at radius 2 is 2.14 bits per heavy atom. The molecule has 0 fully saturated rings. The summed E-state index contributed by atoms with van der Waals surface area (Å²) in [6.45, 7) is 3.74. The molecule has 0 radical (unpaired) electrons. The van der Waals surface area contributed by atoms with Gasteiger partial charge in [0.25, 0.3) is 0 Å². The summed E-state index contributed by atoms with van der Waals surface area (Å²) in [5, 5.41) is 15.9. The van der Waals surface area contributed by atoms with Crippen LogP contribution in [0.5, 0.6) is 0 Å². The number of benzene rings is 1. The zero-order valence-corrected chi connectivity index (χ0v) is 13.8. The second-order valence-corrected chi connectivity index (χ2v) is 6.37. The van der Waals surface area contributed by atoms with Crippen LogP contribution in [0.3, 0.4) is 0 Å². The van der Waals surface area contributed by atoms with Gasteiger partial charge in [0.1, 0.15) is 11.0 Å². The van der Waals surface area contributed by atoms with Crippen molar-refractivity contribution in [2.24, 2.45) is 0 Å². The zero-order chi connectivity index (χ0) is 15.4. The molecule has 1 aromatic heterocycles. The number of anilines is 2. The third-order valence-corrected chi connectivity index (χ3v) is 4.04. The summed E-state index contributed by atoms with van der Waals surface area (Å²) in [5.74, 6) is -0.181. The Hall–Kier alpha value is -1.37. The van der Waals surface area contributed by atoms with Gasteiger partial charge < -0.3 is 5.32 Å². The van der Waals surface area contributed by atoms with E-state index in [1.165, 1.54) is 11.3 Å². The molecule has 1 heterocycles. The summed E-state index contributed by atoms with van der Waals surface area (Å²) in [4.78, 5) is 12.2. The van der Waals surface area contributed by atoms with E-state index in [2.05, 4.69) is 20.8 Å². The molecule has 0 bridgehead atoms. The average molecular weight is 345 g/mol. The van der Waals surface area contributed by atoms with Crippen molar-refractivity contribution < 1.29 is 4.79 Å². The highest BCUT2D eigenvalue weighted by Gasteiger charge is 2.18. The number of nitrogens with one attached hydrogen (secondary N) is 2. The van der Waals surface area contributed by atoms with Crippen LogP contribution in [0, 0.1) is 6.92 Å².